The molecule has 0 saturated carbocycles. The molecule has 0 bridgehead atoms. The van der Waals surface area contributed by atoms with Gasteiger partial charge in [-0.2, -0.15) is 0 Å². The van der Waals surface area contributed by atoms with Crippen LogP contribution in [-0.2, 0) is 11.2 Å². The Balaban J connectivity index is 1.86. The molecular weight excluding hydrogens is 222 g/mol. The van der Waals surface area contributed by atoms with Crippen LogP contribution in [0.2, 0.25) is 0 Å². The normalized spacial score (nSPS) is 19.4. The highest BCUT2D eigenvalue weighted by molar-refractivity contribution is 5.81. The zero-order valence-corrected chi connectivity index (χ0v) is 11.4. The van der Waals surface area contributed by atoms with Gasteiger partial charge in [0.15, 0.2) is 0 Å². The molecule has 1 saturated heterocycles. The Hall–Kier alpha value is -1.15. The summed E-state index contributed by atoms with van der Waals surface area (Å²) in [5, 5.41) is 3.38. The van der Waals surface area contributed by atoms with Crippen molar-refractivity contribution >= 4 is 5.78 Å². The Labute approximate surface area is 110 Å². The number of nitrogens with one attached hydrogen (secondary N) is 1. The highest BCUT2D eigenvalue weighted by Gasteiger charge is 2.17. The smallest absolute Gasteiger partial charge is 0.138 e. The lowest BCUT2D eigenvalue weighted by atomic mass is 9.98. The number of Topliss-reactive ketones (excluding diaryl/α,β-unsaturated/α-hetero) is 1. The molecule has 1 fully saturated rings. The second-order valence-electron chi connectivity index (χ2n) is 5.61. The fourth-order valence-corrected chi connectivity index (χ4v) is 2.53. The van der Waals surface area contributed by atoms with E-state index in [-0.39, 0.29) is 0 Å². The lowest BCUT2D eigenvalue weighted by molar-refractivity contribution is -0.118. The quantitative estimate of drug-likeness (QED) is 0.864. The zero-order chi connectivity index (χ0) is 13.0. The van der Waals surface area contributed by atoms with Crippen LogP contribution in [0.5, 0.6) is 0 Å². The Morgan fingerprint density at radius 1 is 1.33 bits per heavy atom. The fraction of sp³-hybridized carbons (Fsp3) is 0.562. The molecule has 1 unspecified atom stereocenters. The first-order valence-corrected chi connectivity index (χ1v) is 6.99. The van der Waals surface area contributed by atoms with E-state index in [0.717, 1.165) is 18.5 Å². The van der Waals surface area contributed by atoms with Crippen molar-refractivity contribution in [3.05, 3.63) is 35.4 Å². The van der Waals surface area contributed by atoms with Crippen LogP contribution in [0.1, 0.15) is 50.2 Å². The Morgan fingerprint density at radius 2 is 2.06 bits per heavy atom. The van der Waals surface area contributed by atoms with Gasteiger partial charge in [-0.15, -0.1) is 0 Å². The van der Waals surface area contributed by atoms with E-state index in [0.29, 0.717) is 30.6 Å². The molecular formula is C16H23NO. The van der Waals surface area contributed by atoms with E-state index < -0.39 is 0 Å². The number of ketones is 1. The molecule has 1 aromatic rings. The van der Waals surface area contributed by atoms with E-state index in [1.54, 1.807) is 0 Å². The molecule has 2 rings (SSSR count). The second-order valence-corrected chi connectivity index (χ2v) is 5.61. The monoisotopic (exact) mass is 245 g/mol. The van der Waals surface area contributed by atoms with Gasteiger partial charge >= 0.3 is 0 Å². The maximum atomic E-state index is 11.9. The van der Waals surface area contributed by atoms with Crippen LogP contribution in [0.15, 0.2) is 24.3 Å². The van der Waals surface area contributed by atoms with Gasteiger partial charge in [0, 0.05) is 18.9 Å². The topological polar surface area (TPSA) is 29.1 Å². The largest absolute Gasteiger partial charge is 0.314 e. The molecule has 1 heterocycles. The predicted molar refractivity (Wildman–Crippen MR) is 74.9 cm³/mol. The molecule has 0 amide bonds. The Kier molecular flexibility index (Phi) is 4.54. The first-order valence-electron chi connectivity index (χ1n) is 6.99. The van der Waals surface area contributed by atoms with Crippen LogP contribution in [-0.4, -0.2) is 18.4 Å². The number of carbonyl (C=O) groups is 1. The van der Waals surface area contributed by atoms with E-state index in [4.69, 9.17) is 0 Å². The third-order valence-electron chi connectivity index (χ3n) is 3.68. The van der Waals surface area contributed by atoms with Crippen LogP contribution in [0, 0.1) is 0 Å². The summed E-state index contributed by atoms with van der Waals surface area (Å²) < 4.78 is 0. The second kappa shape index (κ2) is 6.14. The molecule has 2 heteroatoms. The van der Waals surface area contributed by atoms with Gasteiger partial charge < -0.3 is 5.32 Å². The van der Waals surface area contributed by atoms with Crippen molar-refractivity contribution in [2.24, 2.45) is 0 Å². The minimum Gasteiger partial charge on any atom is -0.314 e. The van der Waals surface area contributed by atoms with Crippen molar-refractivity contribution < 1.29 is 4.79 Å². The molecule has 98 valence electrons. The van der Waals surface area contributed by atoms with Gasteiger partial charge in [-0.3, -0.25) is 4.79 Å². The number of carbonyl (C=O) groups excluding carboxylic acids is 1. The third-order valence-corrected chi connectivity index (χ3v) is 3.68. The summed E-state index contributed by atoms with van der Waals surface area (Å²) >= 11 is 0. The predicted octanol–water partition coefficient (Wildman–Crippen LogP) is 3.06. The molecule has 1 N–H and O–H groups in total. The standard InChI is InChI=1S/C16H23NO/c1-12(2)14-7-5-13(6-8-14)10-16(18)11-15-4-3-9-17-15/h5-8,12,15,17H,3-4,9-11H2,1-2H3. The third kappa shape index (κ3) is 3.67. The highest BCUT2D eigenvalue weighted by atomic mass is 16.1. The number of hydrogen-bond donors (Lipinski definition) is 1. The highest BCUT2D eigenvalue weighted by Crippen LogP contribution is 2.16. The minimum atomic E-state index is 0.353. The van der Waals surface area contributed by atoms with Crippen molar-refractivity contribution in [1.82, 2.24) is 5.32 Å². The summed E-state index contributed by atoms with van der Waals surface area (Å²) in [7, 11) is 0. The number of rotatable bonds is 5. The minimum absolute atomic E-state index is 0.353. The summed E-state index contributed by atoms with van der Waals surface area (Å²) in [6.45, 7) is 5.44. The summed E-state index contributed by atoms with van der Waals surface area (Å²) in [6.07, 6.45) is 3.63. The van der Waals surface area contributed by atoms with Crippen molar-refractivity contribution in [2.75, 3.05) is 6.54 Å². The van der Waals surface area contributed by atoms with Crippen LogP contribution >= 0.6 is 0 Å². The number of benzene rings is 1. The van der Waals surface area contributed by atoms with Gasteiger partial charge in [0.05, 0.1) is 0 Å². The molecule has 1 atom stereocenters. The maximum absolute atomic E-state index is 11.9. The zero-order valence-electron chi connectivity index (χ0n) is 11.4. The van der Waals surface area contributed by atoms with E-state index in [1.807, 2.05) is 0 Å². The van der Waals surface area contributed by atoms with E-state index in [9.17, 15) is 4.79 Å². The van der Waals surface area contributed by atoms with Gasteiger partial charge in [-0.25, -0.2) is 0 Å². The summed E-state index contributed by atoms with van der Waals surface area (Å²) in [6, 6.07) is 8.89. The fourth-order valence-electron chi connectivity index (χ4n) is 2.53. The molecule has 18 heavy (non-hydrogen) atoms. The van der Waals surface area contributed by atoms with Gasteiger partial charge in [0.2, 0.25) is 0 Å². The van der Waals surface area contributed by atoms with Gasteiger partial charge in [-0.1, -0.05) is 38.1 Å². The SMILES string of the molecule is CC(C)c1ccc(CC(=O)CC2CCCN2)cc1. The average molecular weight is 245 g/mol. The van der Waals surface area contributed by atoms with Gasteiger partial charge in [-0.05, 0) is 36.4 Å². The summed E-state index contributed by atoms with van der Waals surface area (Å²) in [5.74, 6) is 0.907. The molecule has 1 aliphatic rings. The summed E-state index contributed by atoms with van der Waals surface area (Å²) in [4.78, 5) is 11.9. The van der Waals surface area contributed by atoms with Crippen LogP contribution in [0.3, 0.4) is 0 Å². The molecule has 0 aromatic heterocycles. The number of hydrogen-bond acceptors (Lipinski definition) is 2. The van der Waals surface area contributed by atoms with Crippen LogP contribution < -0.4 is 5.32 Å². The van der Waals surface area contributed by atoms with E-state index in [1.165, 1.54) is 12.0 Å². The molecule has 1 aromatic carbocycles. The molecule has 2 nitrogen and oxygen atoms in total. The van der Waals surface area contributed by atoms with Crippen molar-refractivity contribution in [1.29, 1.82) is 0 Å². The lowest BCUT2D eigenvalue weighted by Gasteiger charge is -2.10. The van der Waals surface area contributed by atoms with Crippen molar-refractivity contribution in [2.45, 2.75) is 51.5 Å². The van der Waals surface area contributed by atoms with Crippen molar-refractivity contribution in [3.8, 4) is 0 Å². The first-order chi connectivity index (χ1) is 8.65. The molecule has 0 aliphatic carbocycles. The van der Waals surface area contributed by atoms with Crippen LogP contribution in [0.25, 0.3) is 0 Å². The lowest BCUT2D eigenvalue weighted by Crippen LogP contribution is -2.25. The van der Waals surface area contributed by atoms with Gasteiger partial charge in [0.25, 0.3) is 0 Å². The molecule has 0 radical (unpaired) electrons. The maximum Gasteiger partial charge on any atom is 0.138 e. The molecule has 0 spiro atoms. The van der Waals surface area contributed by atoms with E-state index >= 15 is 0 Å². The molecule has 1 aliphatic heterocycles. The average Bonchev–Trinajstić information content (AvgIpc) is 2.82. The van der Waals surface area contributed by atoms with Crippen LogP contribution in [0.4, 0.5) is 0 Å². The Bertz CT molecular complexity index is 388. The van der Waals surface area contributed by atoms with Gasteiger partial charge in [0.1, 0.15) is 5.78 Å². The summed E-state index contributed by atoms with van der Waals surface area (Å²) in [5.41, 5.74) is 2.48. The van der Waals surface area contributed by atoms with E-state index in [2.05, 4.69) is 43.4 Å². The van der Waals surface area contributed by atoms with Crippen molar-refractivity contribution in [3.63, 3.8) is 0 Å². The Morgan fingerprint density at radius 3 is 2.61 bits per heavy atom. The first kappa shape index (κ1) is 13.3.